The number of azo groups is 2. The van der Waals surface area contributed by atoms with Gasteiger partial charge in [-0.2, -0.15) is 5.11 Å². The van der Waals surface area contributed by atoms with E-state index in [-0.39, 0.29) is 158 Å². The van der Waals surface area contributed by atoms with Gasteiger partial charge in [0, 0.05) is 5.69 Å². The summed E-state index contributed by atoms with van der Waals surface area (Å²) in [6.45, 7) is 0. The summed E-state index contributed by atoms with van der Waals surface area (Å²) >= 11 is 0. The molecule has 4 aromatic rings. The van der Waals surface area contributed by atoms with Crippen LogP contribution in [0.15, 0.2) is 176 Å². The predicted octanol–water partition coefficient (Wildman–Crippen LogP) is -8.91. The van der Waals surface area contributed by atoms with Gasteiger partial charge in [-0.15, -0.1) is 31.2 Å². The number of anilines is 1. The Morgan fingerprint density at radius 1 is 0.514 bits per heavy atom. The van der Waals surface area contributed by atoms with Crippen LogP contribution in [0.5, 0.6) is 0 Å². The molecule has 1 radical (unpaired) electrons. The van der Waals surface area contributed by atoms with Crippen LogP contribution >= 0.6 is 0 Å². The SMILES string of the molecule is O=C1C=CC(S(=O)(=O)[O-])=CC1=NN=C1C=CC([O-])=C(N=Nc2ccc(C=Cc3ccc([N-]Nc4ccc(N=Nc5ccccc5S(=O)(=O)[O-])c(S(=O)(=O)[O-])c4)cc3S(=O)(=O)[O-])c(S(=O)(=O)[O-])c2)C1=O.[Cu+2].[Na+].[Na+].[Na+].[Na+]. The Morgan fingerprint density at radius 2 is 1.05 bits per heavy atom. The van der Waals surface area contributed by atoms with Crippen LogP contribution in [0.2, 0.25) is 0 Å². The smallest absolute Gasteiger partial charge is 0.871 e. The number of hydrogen-bond acceptors (Lipinski definition) is 25. The Balaban J connectivity index is 0.00000548. The van der Waals surface area contributed by atoms with Gasteiger partial charge in [0.05, 0.1) is 30.2 Å². The standard InChI is InChI=1S/C38H28N8O18S5.Cu.4Na/c47-31-15-12-26(65(50,51)52)20-30(31)45-44-29-14-16-32(48)37(38(29)49)46-41-24-10-8-22(35(18-24)68(59,60)61)6-5-21-7-9-23(17-34(21)67(56,57)58)39-40-25-11-13-28(36(19-25)69(62,63)64)43-42-27-3-1-2-4-33(27)66(53,54)55;;;;;/h1-20H,(H8,39,40,41,42,43,44,45,46,47,48,49,50,51,52,53,54,55,56,57,58,59,60,61,62,63,64);;;;;/q;+2;4*+1/p-7. The molecule has 0 saturated carbocycles. The number of hydrogen-bond donors (Lipinski definition) is 1. The average molecular weight is 1190 g/mol. The van der Waals surface area contributed by atoms with Gasteiger partial charge in [0.25, 0.3) is 0 Å². The van der Waals surface area contributed by atoms with Crippen molar-refractivity contribution >= 4 is 114 Å². The summed E-state index contributed by atoms with van der Waals surface area (Å²) in [4.78, 5) is 20.6. The van der Waals surface area contributed by atoms with Crippen LogP contribution in [-0.4, -0.2) is 87.8 Å². The van der Waals surface area contributed by atoms with E-state index in [2.05, 4.69) is 41.5 Å². The summed E-state index contributed by atoms with van der Waals surface area (Å²) in [5.74, 6) is -3.12. The second-order valence-electron chi connectivity index (χ2n) is 13.4. The first-order valence-corrected chi connectivity index (χ1v) is 25.2. The molecule has 0 aliphatic heterocycles. The van der Waals surface area contributed by atoms with Crippen molar-refractivity contribution in [1.82, 2.24) is 0 Å². The number of carbonyl (C=O) groups excluding carboxylic acids is 2. The first kappa shape index (κ1) is 68.9. The monoisotopic (exact) mass is 1190 g/mol. The molecule has 6 rings (SSSR count). The summed E-state index contributed by atoms with van der Waals surface area (Å²) in [5.41, 5.74) is 1.37. The van der Waals surface area contributed by atoms with Crippen molar-refractivity contribution in [2.45, 2.75) is 19.6 Å². The van der Waals surface area contributed by atoms with Gasteiger partial charge in [-0.05, 0) is 77.9 Å². The van der Waals surface area contributed by atoms with Crippen molar-refractivity contribution < 1.29 is 215 Å². The largest absolute Gasteiger partial charge is 2.00 e. The zero-order valence-corrected chi connectivity index (χ0v) is 50.9. The molecule has 367 valence electrons. The van der Waals surface area contributed by atoms with Crippen LogP contribution in [0.3, 0.4) is 0 Å². The average Bonchev–Trinajstić information content (AvgIpc) is 3.26. The van der Waals surface area contributed by atoms with E-state index in [1.807, 2.05) is 0 Å². The van der Waals surface area contributed by atoms with Gasteiger partial charge in [0.1, 0.15) is 79.1 Å². The second-order valence-corrected chi connectivity index (χ2v) is 20.2. The number of nitrogens with one attached hydrogen (secondary N) is 1. The van der Waals surface area contributed by atoms with Crippen LogP contribution in [0.25, 0.3) is 17.6 Å². The minimum Gasteiger partial charge on any atom is -0.871 e. The summed E-state index contributed by atoms with van der Waals surface area (Å²) in [6, 6.07) is 13.0. The Labute approximate surface area is 519 Å². The molecule has 0 atom stereocenters. The van der Waals surface area contributed by atoms with Crippen LogP contribution < -0.4 is 129 Å². The Morgan fingerprint density at radius 3 is 1.64 bits per heavy atom. The summed E-state index contributed by atoms with van der Waals surface area (Å²) < 4.78 is 179. The quantitative estimate of drug-likeness (QED) is 0.0288. The molecule has 26 nitrogen and oxygen atoms in total. The van der Waals surface area contributed by atoms with Crippen molar-refractivity contribution in [2.75, 3.05) is 5.43 Å². The summed E-state index contributed by atoms with van der Waals surface area (Å²) in [5, 5.41) is 33.9. The van der Waals surface area contributed by atoms with E-state index in [4.69, 9.17) is 0 Å². The van der Waals surface area contributed by atoms with E-state index in [1.165, 1.54) is 12.1 Å². The number of allylic oxidation sites excluding steroid dienone is 6. The molecule has 0 unspecified atom stereocenters. The fourth-order valence-corrected chi connectivity index (χ4v) is 8.70. The number of carbonyl (C=O) groups is 2. The molecule has 36 heteroatoms. The third-order valence-electron chi connectivity index (χ3n) is 8.74. The topological polar surface area (TPSA) is 443 Å². The minimum absolute atomic E-state index is 0. The van der Waals surface area contributed by atoms with Crippen LogP contribution in [0, 0.1) is 0 Å². The molecule has 2 aliphatic rings. The zero-order valence-electron chi connectivity index (χ0n) is 37.9. The molecular formula is C38H21CuN8Na4O18S5-. The molecule has 1 N–H and O–H groups in total. The van der Waals surface area contributed by atoms with Gasteiger partial charge in [0.15, 0.2) is 0 Å². The predicted molar refractivity (Wildman–Crippen MR) is 230 cm³/mol. The molecule has 0 spiro atoms. The van der Waals surface area contributed by atoms with Crippen molar-refractivity contribution in [1.29, 1.82) is 0 Å². The summed E-state index contributed by atoms with van der Waals surface area (Å²) in [7, 11) is -26.0. The van der Waals surface area contributed by atoms with E-state index in [0.717, 1.165) is 97.1 Å². The number of benzene rings is 4. The third-order valence-corrected chi connectivity index (χ3v) is 13.1. The van der Waals surface area contributed by atoms with Crippen molar-refractivity contribution in [3.8, 4) is 0 Å². The second kappa shape index (κ2) is 28.0. The maximum atomic E-state index is 13.0. The Kier molecular flexibility index (Phi) is 26.1. The van der Waals surface area contributed by atoms with Gasteiger partial charge in [-0.1, -0.05) is 60.4 Å². The molecule has 0 heterocycles. The fraction of sp³-hybridized carbons (Fsp3) is 0. The van der Waals surface area contributed by atoms with Crippen LogP contribution in [0.4, 0.5) is 28.4 Å². The van der Waals surface area contributed by atoms with E-state index in [0.29, 0.717) is 12.1 Å². The van der Waals surface area contributed by atoms with Gasteiger partial charge >= 0.3 is 135 Å². The van der Waals surface area contributed by atoms with Gasteiger partial charge in [-0.3, -0.25) is 9.59 Å². The number of rotatable bonds is 15. The molecule has 4 aromatic carbocycles. The zero-order chi connectivity index (χ0) is 50.7. The van der Waals surface area contributed by atoms with Gasteiger partial charge in [0.2, 0.25) is 11.6 Å². The first-order valence-electron chi connectivity index (χ1n) is 18.1. The maximum Gasteiger partial charge on any atom is 2.00 e. The molecule has 0 bridgehead atoms. The molecule has 74 heavy (non-hydrogen) atoms. The minimum atomic E-state index is -5.37. The van der Waals surface area contributed by atoms with Crippen molar-refractivity contribution in [2.24, 2.45) is 30.7 Å². The van der Waals surface area contributed by atoms with Crippen molar-refractivity contribution in [3.05, 3.63) is 142 Å². The fourth-order valence-electron chi connectivity index (χ4n) is 5.58. The molecule has 2 aliphatic carbocycles. The molecule has 0 fully saturated rings. The van der Waals surface area contributed by atoms with Crippen LogP contribution in [-0.2, 0) is 77.2 Å². The van der Waals surface area contributed by atoms with Crippen molar-refractivity contribution in [3.63, 3.8) is 0 Å². The Bertz CT molecular complexity index is 3780. The van der Waals surface area contributed by atoms with Gasteiger partial charge < -0.3 is 38.7 Å². The molecular weight excluding hydrogens is 1170 g/mol. The van der Waals surface area contributed by atoms with Gasteiger partial charge in [-0.25, -0.2) is 42.1 Å². The Hall–Kier alpha value is -3.07. The first-order chi connectivity index (χ1) is 32.1. The normalized spacial score (nSPS) is 15.3. The summed E-state index contributed by atoms with van der Waals surface area (Å²) in [6.07, 6.45) is 5.60. The van der Waals surface area contributed by atoms with E-state index in [9.17, 15) is 79.5 Å². The number of ketones is 2. The van der Waals surface area contributed by atoms with E-state index < -0.39 is 127 Å². The van der Waals surface area contributed by atoms with E-state index in [1.54, 1.807) is 0 Å². The molecule has 0 aromatic heterocycles. The van der Waals surface area contributed by atoms with Crippen LogP contribution in [0.1, 0.15) is 11.1 Å². The third kappa shape index (κ3) is 18.3. The maximum absolute atomic E-state index is 13.0. The number of Topliss-reactive ketones (excluding diaryl/α,β-unsaturated/α-hetero) is 1. The number of nitrogens with zero attached hydrogens (tertiary/aromatic N) is 7. The molecule has 0 saturated heterocycles. The van der Waals surface area contributed by atoms with E-state index >= 15 is 0 Å². The molecule has 0 amide bonds.